The second kappa shape index (κ2) is 75.5. The van der Waals surface area contributed by atoms with Crippen molar-refractivity contribution in [2.24, 2.45) is 0 Å². The van der Waals surface area contributed by atoms with Gasteiger partial charge in [-0.1, -0.05) is 397 Å². The molecule has 0 heterocycles. The van der Waals surface area contributed by atoms with Crippen LogP contribution in [0.15, 0.2) is 36.5 Å². The van der Waals surface area contributed by atoms with E-state index in [1.165, 1.54) is 366 Å². The second-order valence-corrected chi connectivity index (χ2v) is 27.0. The molecule has 0 aromatic rings. The zero-order valence-corrected chi connectivity index (χ0v) is 58.3. The van der Waals surface area contributed by atoms with Crippen LogP contribution in [0.2, 0.25) is 0 Å². The zero-order chi connectivity index (χ0) is 62.0. The zero-order valence-electron chi connectivity index (χ0n) is 58.3. The molecule has 0 aromatic carbocycles. The Morgan fingerprint density at radius 2 is 0.581 bits per heavy atom. The molecule has 0 saturated carbocycles. The molecule has 0 saturated heterocycles. The lowest BCUT2D eigenvalue weighted by Gasteiger charge is -2.20. The number of ether oxygens (including phenoxy) is 1. The fraction of sp³-hybridized carbons (Fsp3) is 0.900. The largest absolute Gasteiger partial charge is 0.466 e. The number of aliphatic hydroxyl groups is 2. The summed E-state index contributed by atoms with van der Waals surface area (Å²) in [4.78, 5) is 24.6. The molecule has 0 aromatic heterocycles. The highest BCUT2D eigenvalue weighted by molar-refractivity contribution is 5.76. The molecule has 508 valence electrons. The van der Waals surface area contributed by atoms with E-state index >= 15 is 0 Å². The van der Waals surface area contributed by atoms with Crippen LogP contribution in [0, 0.1) is 0 Å². The van der Waals surface area contributed by atoms with Gasteiger partial charge >= 0.3 is 5.97 Å². The van der Waals surface area contributed by atoms with Gasteiger partial charge in [-0.3, -0.25) is 9.59 Å². The summed E-state index contributed by atoms with van der Waals surface area (Å²) in [6.07, 6.45) is 98.4. The predicted octanol–water partition coefficient (Wildman–Crippen LogP) is 25.8. The average molecular weight is 1210 g/mol. The van der Waals surface area contributed by atoms with Gasteiger partial charge in [-0.15, -0.1) is 0 Å². The summed E-state index contributed by atoms with van der Waals surface area (Å²) in [5.74, 6) is -0.0410. The smallest absolute Gasteiger partial charge is 0.305 e. The van der Waals surface area contributed by atoms with Crippen molar-refractivity contribution in [3.63, 3.8) is 0 Å². The van der Waals surface area contributed by atoms with Crippen LogP contribution < -0.4 is 5.32 Å². The van der Waals surface area contributed by atoms with Gasteiger partial charge in [0.2, 0.25) is 5.91 Å². The van der Waals surface area contributed by atoms with Crippen LogP contribution >= 0.6 is 0 Å². The minimum atomic E-state index is -0.843. The Balaban J connectivity index is 3.36. The SMILES string of the molecule is CCCCCCCCCCCCCCCC/C=C/C(O)C(CO)NC(=O)CCCCCCCCCCCCCCCCCCC/C=C\C/C=C\CCCCCCCCCCCCCOC(=O)CCCCCCCCCCCCCCCCCCCC. The molecular weight excluding hydrogens is 1050 g/mol. The number of amides is 1. The lowest BCUT2D eigenvalue weighted by Crippen LogP contribution is -2.45. The van der Waals surface area contributed by atoms with Crippen LogP contribution in [-0.4, -0.2) is 47.4 Å². The van der Waals surface area contributed by atoms with Gasteiger partial charge in [0, 0.05) is 12.8 Å². The lowest BCUT2D eigenvalue weighted by atomic mass is 10.0. The molecule has 86 heavy (non-hydrogen) atoms. The van der Waals surface area contributed by atoms with Gasteiger partial charge in [0.05, 0.1) is 25.4 Å². The van der Waals surface area contributed by atoms with Crippen LogP contribution in [0.5, 0.6) is 0 Å². The highest BCUT2D eigenvalue weighted by atomic mass is 16.5. The van der Waals surface area contributed by atoms with Crippen LogP contribution in [0.3, 0.4) is 0 Å². The van der Waals surface area contributed by atoms with E-state index in [2.05, 4.69) is 43.5 Å². The van der Waals surface area contributed by atoms with E-state index in [9.17, 15) is 19.8 Å². The van der Waals surface area contributed by atoms with Gasteiger partial charge in [-0.25, -0.2) is 0 Å². The molecule has 2 atom stereocenters. The quantitative estimate of drug-likeness (QED) is 0.0320. The van der Waals surface area contributed by atoms with Crippen molar-refractivity contribution in [3.8, 4) is 0 Å². The van der Waals surface area contributed by atoms with E-state index in [4.69, 9.17) is 4.74 Å². The van der Waals surface area contributed by atoms with Gasteiger partial charge in [-0.05, 0) is 64.2 Å². The Kier molecular flexibility index (Phi) is 73.9. The molecule has 0 aliphatic rings. The number of allylic oxidation sites excluding steroid dienone is 5. The van der Waals surface area contributed by atoms with Crippen LogP contribution in [0.4, 0.5) is 0 Å². The fourth-order valence-electron chi connectivity index (χ4n) is 12.4. The summed E-state index contributed by atoms with van der Waals surface area (Å²) in [6, 6.07) is -0.626. The Morgan fingerprint density at radius 3 is 0.884 bits per heavy atom. The molecule has 0 aliphatic carbocycles. The van der Waals surface area contributed by atoms with Crippen LogP contribution in [0.1, 0.15) is 438 Å². The molecule has 3 N–H and O–H groups in total. The third-order valence-electron chi connectivity index (χ3n) is 18.4. The number of rotatable bonds is 74. The Hall–Kier alpha value is -1.92. The van der Waals surface area contributed by atoms with E-state index in [1.807, 2.05) is 6.08 Å². The van der Waals surface area contributed by atoms with Crippen molar-refractivity contribution < 1.29 is 24.5 Å². The van der Waals surface area contributed by atoms with Crippen molar-refractivity contribution in [2.75, 3.05) is 13.2 Å². The molecule has 0 radical (unpaired) electrons. The highest BCUT2D eigenvalue weighted by Crippen LogP contribution is 2.19. The number of carbonyl (C=O) groups excluding carboxylic acids is 2. The number of hydrogen-bond donors (Lipinski definition) is 3. The molecule has 0 aliphatic heterocycles. The maximum Gasteiger partial charge on any atom is 0.305 e. The number of nitrogens with one attached hydrogen (secondary N) is 1. The third kappa shape index (κ3) is 71.2. The maximum atomic E-state index is 12.5. The molecule has 0 bridgehead atoms. The summed E-state index contributed by atoms with van der Waals surface area (Å²) in [7, 11) is 0. The maximum absolute atomic E-state index is 12.5. The van der Waals surface area contributed by atoms with Crippen molar-refractivity contribution >= 4 is 11.9 Å². The van der Waals surface area contributed by atoms with Gasteiger partial charge in [0.25, 0.3) is 0 Å². The summed E-state index contributed by atoms with van der Waals surface area (Å²) in [6.45, 7) is 4.95. The summed E-state index contributed by atoms with van der Waals surface area (Å²) in [5.41, 5.74) is 0. The molecular formula is C80H153NO5. The van der Waals surface area contributed by atoms with Gasteiger partial charge in [-0.2, -0.15) is 0 Å². The molecule has 1 amide bonds. The van der Waals surface area contributed by atoms with Gasteiger partial charge in [0.1, 0.15) is 0 Å². The Morgan fingerprint density at radius 1 is 0.326 bits per heavy atom. The number of hydrogen-bond acceptors (Lipinski definition) is 5. The first-order valence-corrected chi connectivity index (χ1v) is 39.3. The number of esters is 1. The first-order chi connectivity index (χ1) is 42.5. The van der Waals surface area contributed by atoms with E-state index < -0.39 is 12.1 Å². The summed E-state index contributed by atoms with van der Waals surface area (Å²) in [5, 5.41) is 23.2. The number of carbonyl (C=O) groups is 2. The minimum Gasteiger partial charge on any atom is -0.466 e. The van der Waals surface area contributed by atoms with Gasteiger partial charge in [0.15, 0.2) is 0 Å². The van der Waals surface area contributed by atoms with Crippen molar-refractivity contribution in [1.29, 1.82) is 0 Å². The summed E-state index contributed by atoms with van der Waals surface area (Å²) < 4.78 is 5.51. The van der Waals surface area contributed by atoms with E-state index in [1.54, 1.807) is 6.08 Å². The topological polar surface area (TPSA) is 95.9 Å². The number of aliphatic hydroxyl groups excluding tert-OH is 2. The van der Waals surface area contributed by atoms with Crippen molar-refractivity contribution in [3.05, 3.63) is 36.5 Å². The highest BCUT2D eigenvalue weighted by Gasteiger charge is 2.18. The molecule has 6 heteroatoms. The second-order valence-electron chi connectivity index (χ2n) is 27.0. The van der Waals surface area contributed by atoms with E-state index in [0.717, 1.165) is 44.9 Å². The van der Waals surface area contributed by atoms with E-state index in [0.29, 0.717) is 19.4 Å². The Labute approximate surface area is 538 Å². The standard InChI is InChI=1S/C80H153NO5/c1-3-5-7-9-11-13-15-17-19-21-42-46-50-54-58-62-66-70-74-80(85)86-75-71-67-63-59-55-51-47-43-40-38-36-34-32-30-28-26-24-22-23-25-27-29-31-33-35-37-39-41-45-49-53-57-61-65-69-73-79(84)81-77(76-82)78(83)72-68-64-60-56-52-48-44-20-18-16-14-12-10-8-6-4-2/h24,26,30,32,68,72,77-78,82-83H,3-23,25,27-29,31,33-67,69-71,73-76H2,1-2H3,(H,81,84)/b26-24-,32-30-,72-68+. The average Bonchev–Trinajstić information content (AvgIpc) is 3.55. The molecule has 0 spiro atoms. The van der Waals surface area contributed by atoms with Crippen LogP contribution in [-0.2, 0) is 14.3 Å². The first-order valence-electron chi connectivity index (χ1n) is 39.3. The monoisotopic (exact) mass is 1210 g/mol. The first kappa shape index (κ1) is 84.1. The van der Waals surface area contributed by atoms with Crippen molar-refractivity contribution in [2.45, 2.75) is 450 Å². The molecule has 0 fully saturated rings. The van der Waals surface area contributed by atoms with Gasteiger partial charge < -0.3 is 20.3 Å². The van der Waals surface area contributed by atoms with E-state index in [-0.39, 0.29) is 18.5 Å². The van der Waals surface area contributed by atoms with Crippen LogP contribution in [0.25, 0.3) is 0 Å². The predicted molar refractivity (Wildman–Crippen MR) is 379 cm³/mol. The fourth-order valence-corrected chi connectivity index (χ4v) is 12.4. The minimum absolute atomic E-state index is 0.0217. The third-order valence-corrected chi connectivity index (χ3v) is 18.4. The lowest BCUT2D eigenvalue weighted by molar-refractivity contribution is -0.143. The number of unbranched alkanes of at least 4 members (excludes halogenated alkanes) is 59. The molecule has 6 nitrogen and oxygen atoms in total. The Bertz CT molecular complexity index is 1390. The molecule has 0 rings (SSSR count). The summed E-state index contributed by atoms with van der Waals surface area (Å²) >= 11 is 0. The normalized spacial score (nSPS) is 12.7. The molecule has 2 unspecified atom stereocenters. The van der Waals surface area contributed by atoms with Crippen molar-refractivity contribution in [1.82, 2.24) is 5.32 Å².